The topological polar surface area (TPSA) is 58.6 Å². The summed E-state index contributed by atoms with van der Waals surface area (Å²) in [6, 6.07) is 8.33. The molecule has 1 aliphatic heterocycles. The molecule has 3 aromatic rings. The van der Waals surface area contributed by atoms with E-state index in [0.29, 0.717) is 18.7 Å². The molecular weight excluding hydrogens is 354 g/mol. The lowest BCUT2D eigenvalue weighted by Gasteiger charge is -2.37. The van der Waals surface area contributed by atoms with Crippen molar-refractivity contribution in [1.29, 1.82) is 0 Å². The molecule has 1 aliphatic rings. The van der Waals surface area contributed by atoms with Crippen molar-refractivity contribution in [2.75, 3.05) is 18.1 Å². The molecule has 0 bridgehead atoms. The van der Waals surface area contributed by atoms with Gasteiger partial charge in [-0.1, -0.05) is 44.2 Å². The summed E-state index contributed by atoms with van der Waals surface area (Å²) in [6.07, 6.45) is 1.62. The number of rotatable bonds is 2. The van der Waals surface area contributed by atoms with Gasteiger partial charge < -0.3 is 14.5 Å². The number of aromatic nitrogens is 1. The summed E-state index contributed by atoms with van der Waals surface area (Å²) >= 11 is 0. The van der Waals surface area contributed by atoms with Gasteiger partial charge in [-0.25, -0.2) is 13.6 Å². The first-order valence-corrected chi connectivity index (χ1v) is 8.86. The zero-order valence-electron chi connectivity index (χ0n) is 15.1. The van der Waals surface area contributed by atoms with Gasteiger partial charge >= 0.3 is 5.76 Å². The van der Waals surface area contributed by atoms with Crippen molar-refractivity contribution in [1.82, 2.24) is 4.68 Å². The minimum atomic E-state index is -1.20. The Bertz CT molecular complexity index is 1060. The Kier molecular flexibility index (Phi) is 3.98. The molecule has 142 valence electrons. The Morgan fingerprint density at radius 1 is 1.07 bits per heavy atom. The van der Waals surface area contributed by atoms with E-state index in [0.717, 1.165) is 17.5 Å². The Morgan fingerprint density at radius 3 is 2.33 bits per heavy atom. The quantitative estimate of drug-likeness (QED) is 0.737. The van der Waals surface area contributed by atoms with E-state index in [1.807, 2.05) is 0 Å². The first-order chi connectivity index (χ1) is 12.8. The van der Waals surface area contributed by atoms with Gasteiger partial charge in [0.2, 0.25) is 0 Å². The van der Waals surface area contributed by atoms with Crippen LogP contribution in [-0.4, -0.2) is 22.9 Å². The lowest BCUT2D eigenvalue weighted by molar-refractivity contribution is 0.254. The monoisotopic (exact) mass is 374 g/mol. The molecule has 0 aliphatic carbocycles. The molecule has 2 aromatic carbocycles. The third kappa shape index (κ3) is 2.78. The van der Waals surface area contributed by atoms with Crippen molar-refractivity contribution >= 4 is 11.1 Å². The minimum absolute atomic E-state index is 0.127. The van der Waals surface area contributed by atoms with E-state index in [2.05, 4.69) is 13.8 Å². The van der Waals surface area contributed by atoms with Crippen LogP contribution in [0.4, 0.5) is 8.78 Å². The molecule has 5 nitrogen and oxygen atoms in total. The van der Waals surface area contributed by atoms with Crippen molar-refractivity contribution in [3.63, 3.8) is 0 Å². The molecule has 0 atom stereocenters. The molecule has 0 spiro atoms. The molecule has 0 radical (unpaired) electrons. The van der Waals surface area contributed by atoms with Gasteiger partial charge in [-0.05, 0) is 23.8 Å². The van der Waals surface area contributed by atoms with Crippen LogP contribution in [0, 0.1) is 17.0 Å². The van der Waals surface area contributed by atoms with Gasteiger partial charge in [-0.2, -0.15) is 4.68 Å². The van der Waals surface area contributed by atoms with E-state index in [-0.39, 0.29) is 22.1 Å². The number of halogens is 2. The first kappa shape index (κ1) is 17.6. The van der Waals surface area contributed by atoms with E-state index >= 15 is 0 Å². The van der Waals surface area contributed by atoms with Crippen molar-refractivity contribution in [2.24, 2.45) is 5.41 Å². The first-order valence-electron chi connectivity index (χ1n) is 8.86. The summed E-state index contributed by atoms with van der Waals surface area (Å²) < 4.78 is 35.9. The maximum absolute atomic E-state index is 14.8. The molecule has 1 saturated heterocycles. The van der Waals surface area contributed by atoms with Crippen molar-refractivity contribution in [3.8, 4) is 16.9 Å². The second kappa shape index (κ2) is 6.11. The Labute approximate surface area is 154 Å². The number of phenolic OH excluding ortho intramolecular Hbond substituents is 1. The number of nitrogens with zero attached hydrogens (tertiary/aromatic N) is 2. The molecule has 1 fully saturated rings. The average Bonchev–Trinajstić information content (AvgIpc) is 2.98. The molecule has 1 aromatic heterocycles. The van der Waals surface area contributed by atoms with Gasteiger partial charge in [0.1, 0.15) is 0 Å². The third-order valence-electron chi connectivity index (χ3n) is 5.30. The largest absolute Gasteiger partial charge is 0.503 e. The number of phenols is 1. The summed E-state index contributed by atoms with van der Waals surface area (Å²) in [5.74, 6) is -4.26. The zero-order chi connectivity index (χ0) is 19.3. The molecule has 1 N–H and O–H groups in total. The Hall–Kier alpha value is -2.83. The maximum atomic E-state index is 14.8. The zero-order valence-corrected chi connectivity index (χ0v) is 15.1. The van der Waals surface area contributed by atoms with Crippen molar-refractivity contribution in [2.45, 2.75) is 26.7 Å². The highest BCUT2D eigenvalue weighted by Gasteiger charge is 2.32. The van der Waals surface area contributed by atoms with Crippen LogP contribution in [0.2, 0.25) is 0 Å². The predicted octanol–water partition coefficient (Wildman–Crippen LogP) is 4.00. The molecule has 7 heteroatoms. The fraction of sp³-hybridized carbons (Fsp3) is 0.350. The summed E-state index contributed by atoms with van der Waals surface area (Å²) in [4.78, 5) is 12.5. The van der Waals surface area contributed by atoms with Crippen LogP contribution < -0.4 is 10.8 Å². The van der Waals surface area contributed by atoms with E-state index in [9.17, 15) is 18.7 Å². The average molecular weight is 374 g/mol. The minimum Gasteiger partial charge on any atom is -0.503 e. The highest BCUT2D eigenvalue weighted by atomic mass is 19.1. The van der Waals surface area contributed by atoms with E-state index < -0.39 is 23.1 Å². The molecule has 27 heavy (non-hydrogen) atoms. The number of aromatic hydroxyl groups is 1. The number of oxazole rings is 1. The van der Waals surface area contributed by atoms with Gasteiger partial charge in [0.25, 0.3) is 0 Å². The van der Waals surface area contributed by atoms with E-state index in [1.165, 1.54) is 0 Å². The summed E-state index contributed by atoms with van der Waals surface area (Å²) in [6.45, 7) is 5.32. The van der Waals surface area contributed by atoms with Gasteiger partial charge in [0, 0.05) is 13.1 Å². The van der Waals surface area contributed by atoms with Gasteiger partial charge in [-0.15, -0.1) is 0 Å². The number of piperidine rings is 1. The summed E-state index contributed by atoms with van der Waals surface area (Å²) in [5, 5.41) is 11.7. The smallest absolute Gasteiger partial charge is 0.439 e. The number of fused-ring (bicyclic) bond motifs is 1. The number of hydrogen-bond donors (Lipinski definition) is 1. The SMILES string of the molecule is CC1(C)CCN(n2c(=O)oc3c(-c4ccccc4)c(F)c(O)c(F)c32)CC1. The highest BCUT2D eigenvalue weighted by molar-refractivity contribution is 5.93. The maximum Gasteiger partial charge on any atom is 0.439 e. The second-order valence-corrected chi connectivity index (χ2v) is 7.69. The summed E-state index contributed by atoms with van der Waals surface area (Å²) in [5.41, 5.74) is -0.0586. The summed E-state index contributed by atoms with van der Waals surface area (Å²) in [7, 11) is 0. The van der Waals surface area contributed by atoms with E-state index in [4.69, 9.17) is 4.42 Å². The predicted molar refractivity (Wildman–Crippen MR) is 98.5 cm³/mol. The standard InChI is InChI=1S/C20H20F2N2O3/c1-20(2)8-10-23(11-9-20)24-16-15(22)17(25)14(21)13(18(16)27-19(24)26)12-6-4-3-5-7-12/h3-7,25H,8-11H2,1-2H3. The van der Waals surface area contributed by atoms with Gasteiger partial charge in [0.05, 0.1) is 5.56 Å². The molecule has 2 heterocycles. The molecule has 0 unspecified atom stereocenters. The Morgan fingerprint density at radius 2 is 1.70 bits per heavy atom. The van der Waals surface area contributed by atoms with Crippen LogP contribution in [0.1, 0.15) is 26.7 Å². The lowest BCUT2D eigenvalue weighted by atomic mass is 9.83. The van der Waals surface area contributed by atoms with Crippen LogP contribution in [0.5, 0.6) is 5.75 Å². The molecule has 4 rings (SSSR count). The number of hydrogen-bond acceptors (Lipinski definition) is 4. The molecule has 0 saturated carbocycles. The fourth-order valence-electron chi connectivity index (χ4n) is 3.57. The van der Waals surface area contributed by atoms with Gasteiger partial charge in [-0.3, -0.25) is 0 Å². The number of benzene rings is 2. The highest BCUT2D eigenvalue weighted by Crippen LogP contribution is 2.39. The van der Waals surface area contributed by atoms with Gasteiger partial charge in [0.15, 0.2) is 28.5 Å². The van der Waals surface area contributed by atoms with Crippen LogP contribution >= 0.6 is 0 Å². The second-order valence-electron chi connectivity index (χ2n) is 7.69. The third-order valence-corrected chi connectivity index (χ3v) is 5.30. The van der Waals surface area contributed by atoms with Crippen LogP contribution in [0.3, 0.4) is 0 Å². The normalized spacial score (nSPS) is 16.8. The van der Waals surface area contributed by atoms with Crippen LogP contribution in [-0.2, 0) is 0 Å². The van der Waals surface area contributed by atoms with Crippen LogP contribution in [0.25, 0.3) is 22.2 Å². The van der Waals surface area contributed by atoms with Crippen molar-refractivity contribution < 1.29 is 18.3 Å². The Balaban J connectivity index is 1.97. The van der Waals surface area contributed by atoms with E-state index in [1.54, 1.807) is 35.3 Å². The molecule has 0 amide bonds. The van der Waals surface area contributed by atoms with Crippen molar-refractivity contribution in [3.05, 3.63) is 52.5 Å². The molecular formula is C20H20F2N2O3. The van der Waals surface area contributed by atoms with Crippen LogP contribution in [0.15, 0.2) is 39.5 Å². The fourth-order valence-corrected chi connectivity index (χ4v) is 3.57. The lowest BCUT2D eigenvalue weighted by Crippen LogP contribution is -2.47.